The van der Waals surface area contributed by atoms with E-state index >= 15 is 0 Å². The average molecular weight is 575 g/mol. The predicted octanol–water partition coefficient (Wildman–Crippen LogP) is 4.16. The number of nitrogens with zero attached hydrogens (tertiary/aromatic N) is 3. The van der Waals surface area contributed by atoms with Crippen molar-refractivity contribution in [2.75, 3.05) is 50.0 Å². The van der Waals surface area contributed by atoms with Crippen LogP contribution in [-0.2, 0) is 21.2 Å². The van der Waals surface area contributed by atoms with Gasteiger partial charge in [0, 0.05) is 31.9 Å². The summed E-state index contributed by atoms with van der Waals surface area (Å²) in [6.07, 6.45) is 5.93. The monoisotopic (exact) mass is 574 g/mol. The molecule has 11 heteroatoms. The molecule has 0 atom stereocenters. The van der Waals surface area contributed by atoms with Crippen LogP contribution in [0.3, 0.4) is 0 Å². The number of terminal acetylenes is 1. The molecule has 0 unspecified atom stereocenters. The fraction of sp³-hybridized carbons (Fsp3) is 0.267. The number of sulfonamides is 1. The fourth-order valence-electron chi connectivity index (χ4n) is 4.91. The highest BCUT2D eigenvalue weighted by Crippen LogP contribution is 2.39. The Bertz CT molecular complexity index is 1750. The van der Waals surface area contributed by atoms with Crippen molar-refractivity contribution in [3.05, 3.63) is 60.2 Å². The van der Waals surface area contributed by atoms with Crippen LogP contribution in [0.5, 0.6) is 11.5 Å². The largest absolute Gasteiger partial charge is 0.496 e. The van der Waals surface area contributed by atoms with Gasteiger partial charge in [0.2, 0.25) is 0 Å². The first-order chi connectivity index (χ1) is 19.8. The maximum absolute atomic E-state index is 13.4. The minimum atomic E-state index is -4.06. The van der Waals surface area contributed by atoms with Crippen molar-refractivity contribution in [1.29, 1.82) is 0 Å². The molecule has 1 saturated heterocycles. The summed E-state index contributed by atoms with van der Waals surface area (Å²) in [6, 6.07) is 16.6. The van der Waals surface area contributed by atoms with Gasteiger partial charge >= 0.3 is 0 Å². The first-order valence-electron chi connectivity index (χ1n) is 13.1. The summed E-state index contributed by atoms with van der Waals surface area (Å²) in [4.78, 5) is 15.7. The number of carbonyl (C=O) groups excluding carboxylic acids is 1. The number of methoxy groups -OCH3 is 2. The molecular weight excluding hydrogens is 544 g/mol. The van der Waals surface area contributed by atoms with Crippen molar-refractivity contribution in [1.82, 2.24) is 10.1 Å². The number of carbonyl (C=O) groups is 1. The van der Waals surface area contributed by atoms with Crippen LogP contribution < -0.4 is 19.1 Å². The van der Waals surface area contributed by atoms with Crippen molar-refractivity contribution in [2.24, 2.45) is 0 Å². The highest BCUT2D eigenvalue weighted by atomic mass is 32.2. The number of hydrogen-bond acceptors (Lipinski definition) is 8. The molecule has 0 radical (unpaired) electrons. The fourth-order valence-corrected chi connectivity index (χ4v) is 6.13. The Balaban J connectivity index is 1.45. The number of aryl methyl sites for hydroxylation is 1. The molecule has 1 fully saturated rings. The zero-order chi connectivity index (χ0) is 29.1. The topological polar surface area (TPSA) is 114 Å². The van der Waals surface area contributed by atoms with Gasteiger partial charge in [-0.1, -0.05) is 30.3 Å². The van der Waals surface area contributed by atoms with Crippen LogP contribution in [0.1, 0.15) is 12.5 Å². The van der Waals surface area contributed by atoms with Gasteiger partial charge in [0.25, 0.3) is 15.9 Å². The summed E-state index contributed by atoms with van der Waals surface area (Å²) in [5, 5.41) is 4.43. The summed E-state index contributed by atoms with van der Waals surface area (Å²) in [6.45, 7) is 4.38. The van der Waals surface area contributed by atoms with Gasteiger partial charge in [-0.25, -0.2) is 8.42 Å². The molecule has 1 N–H and O–H groups in total. The van der Waals surface area contributed by atoms with E-state index in [2.05, 4.69) is 20.7 Å². The van der Waals surface area contributed by atoms with Gasteiger partial charge in [-0.05, 0) is 65.4 Å². The number of amides is 1. The van der Waals surface area contributed by atoms with Gasteiger partial charge in [-0.2, -0.15) is 0 Å². The average Bonchev–Trinajstić information content (AvgIpc) is 3.41. The molecule has 0 spiro atoms. The number of benzene rings is 3. The molecule has 10 nitrogen and oxygen atoms in total. The third-order valence-electron chi connectivity index (χ3n) is 7.15. The first-order valence-corrected chi connectivity index (χ1v) is 14.5. The SMILES string of the molecule is C#CC(=O)N1CCN(c2cccc(-c3cc(OC)c4c(NS(=O)(=O)c5cc(CC)ccc5OC)noc4c3)c2)CC1. The van der Waals surface area contributed by atoms with Crippen molar-refractivity contribution >= 4 is 38.4 Å². The minimum absolute atomic E-state index is 0.00684. The lowest BCUT2D eigenvalue weighted by atomic mass is 10.0. The summed E-state index contributed by atoms with van der Waals surface area (Å²) in [5.74, 6) is 2.52. The lowest BCUT2D eigenvalue weighted by Crippen LogP contribution is -2.48. The maximum Gasteiger partial charge on any atom is 0.298 e. The molecule has 1 aliphatic rings. The third kappa shape index (κ3) is 5.51. The van der Waals surface area contributed by atoms with Gasteiger partial charge in [-0.3, -0.25) is 9.52 Å². The molecule has 212 valence electrons. The van der Waals surface area contributed by atoms with Gasteiger partial charge in [-0.15, -0.1) is 6.42 Å². The van der Waals surface area contributed by atoms with E-state index in [-0.39, 0.29) is 22.4 Å². The number of nitrogens with one attached hydrogen (secondary N) is 1. The molecule has 0 bridgehead atoms. The van der Waals surface area contributed by atoms with Gasteiger partial charge in [0.05, 0.1) is 14.2 Å². The molecule has 5 rings (SSSR count). The Hall–Kier alpha value is -4.69. The molecule has 1 amide bonds. The molecule has 4 aromatic rings. The lowest BCUT2D eigenvalue weighted by molar-refractivity contribution is -0.125. The highest BCUT2D eigenvalue weighted by Gasteiger charge is 2.25. The van der Waals surface area contributed by atoms with Crippen LogP contribution in [0.2, 0.25) is 0 Å². The molecule has 0 saturated carbocycles. The van der Waals surface area contributed by atoms with Crippen LogP contribution in [0, 0.1) is 12.3 Å². The van der Waals surface area contributed by atoms with E-state index < -0.39 is 10.0 Å². The van der Waals surface area contributed by atoms with Crippen molar-refractivity contribution in [3.8, 4) is 35.0 Å². The van der Waals surface area contributed by atoms with E-state index in [1.165, 1.54) is 14.2 Å². The first kappa shape index (κ1) is 27.9. The Morgan fingerprint density at radius 2 is 1.78 bits per heavy atom. The number of rotatable bonds is 8. The van der Waals surface area contributed by atoms with E-state index in [1.54, 1.807) is 23.1 Å². The Morgan fingerprint density at radius 3 is 2.46 bits per heavy atom. The molecule has 1 aliphatic heterocycles. The second kappa shape index (κ2) is 11.4. The smallest absolute Gasteiger partial charge is 0.298 e. The maximum atomic E-state index is 13.4. The van der Waals surface area contributed by atoms with Crippen LogP contribution in [0.4, 0.5) is 11.5 Å². The summed E-state index contributed by atoms with van der Waals surface area (Å²) in [7, 11) is -1.13. The van der Waals surface area contributed by atoms with Crippen LogP contribution in [0.25, 0.3) is 22.1 Å². The molecule has 2 heterocycles. The van der Waals surface area contributed by atoms with Gasteiger partial charge < -0.3 is 23.8 Å². The molecule has 3 aromatic carbocycles. The number of hydrogen-bond donors (Lipinski definition) is 1. The summed E-state index contributed by atoms with van der Waals surface area (Å²) < 4.78 is 45.9. The highest BCUT2D eigenvalue weighted by molar-refractivity contribution is 7.92. The number of anilines is 2. The minimum Gasteiger partial charge on any atom is -0.496 e. The number of fused-ring (bicyclic) bond motifs is 1. The quantitative estimate of drug-likeness (QED) is 0.312. The zero-order valence-electron chi connectivity index (χ0n) is 23.0. The normalized spacial score (nSPS) is 13.6. The number of ether oxygens (including phenoxy) is 2. The van der Waals surface area contributed by atoms with E-state index in [1.807, 2.05) is 43.3 Å². The lowest BCUT2D eigenvalue weighted by Gasteiger charge is -2.35. The predicted molar refractivity (Wildman–Crippen MR) is 157 cm³/mol. The molecule has 41 heavy (non-hydrogen) atoms. The summed E-state index contributed by atoms with van der Waals surface area (Å²) in [5.41, 5.74) is 3.93. The van der Waals surface area contributed by atoms with Crippen LogP contribution in [-0.4, -0.2) is 64.8 Å². The van der Waals surface area contributed by atoms with E-state index in [4.69, 9.17) is 20.4 Å². The van der Waals surface area contributed by atoms with E-state index in [0.717, 1.165) is 22.4 Å². The van der Waals surface area contributed by atoms with E-state index in [9.17, 15) is 13.2 Å². The Morgan fingerprint density at radius 1 is 1.02 bits per heavy atom. The number of aromatic nitrogens is 1. The Kier molecular flexibility index (Phi) is 7.77. The standard InChI is InChI=1S/C30H30N4O6S/c1-5-20-10-11-24(38-3)27(16-20)41(36,37)32-30-29-25(39-4)18-22(19-26(29)40-31-30)21-8-7-9-23(17-21)33-12-14-34(15-13-33)28(35)6-2/h2,7-11,16-19H,5,12-15H2,1,3-4H3,(H,31,32). The molecule has 1 aromatic heterocycles. The van der Waals surface area contributed by atoms with Crippen molar-refractivity contribution < 1.29 is 27.2 Å². The Labute approximate surface area is 238 Å². The van der Waals surface area contributed by atoms with E-state index in [0.29, 0.717) is 49.3 Å². The molecule has 0 aliphatic carbocycles. The van der Waals surface area contributed by atoms with Crippen LogP contribution in [0.15, 0.2) is 64.0 Å². The van der Waals surface area contributed by atoms with Gasteiger partial charge in [0.15, 0.2) is 11.4 Å². The second-order valence-electron chi connectivity index (χ2n) is 9.50. The van der Waals surface area contributed by atoms with Crippen molar-refractivity contribution in [3.63, 3.8) is 0 Å². The number of piperazine rings is 1. The molecular formula is C30H30N4O6S. The van der Waals surface area contributed by atoms with Crippen molar-refractivity contribution in [2.45, 2.75) is 18.2 Å². The second-order valence-corrected chi connectivity index (χ2v) is 11.2. The summed E-state index contributed by atoms with van der Waals surface area (Å²) >= 11 is 0. The van der Waals surface area contributed by atoms with Gasteiger partial charge in [0.1, 0.15) is 21.8 Å². The third-order valence-corrected chi connectivity index (χ3v) is 8.51. The van der Waals surface area contributed by atoms with Crippen LogP contribution >= 0.6 is 0 Å². The zero-order valence-corrected chi connectivity index (χ0v) is 23.8.